The fourth-order valence-electron chi connectivity index (χ4n) is 5.54. The van der Waals surface area contributed by atoms with Crippen molar-refractivity contribution in [1.29, 1.82) is 0 Å². The Balaban J connectivity index is 1.54. The predicted molar refractivity (Wildman–Crippen MR) is 99.6 cm³/mol. The van der Waals surface area contributed by atoms with Gasteiger partial charge >= 0.3 is 0 Å². The largest absolute Gasteiger partial charge is 0.508 e. The van der Waals surface area contributed by atoms with Gasteiger partial charge in [0.1, 0.15) is 11.5 Å². The van der Waals surface area contributed by atoms with E-state index in [1.807, 2.05) is 24.0 Å². The zero-order valence-corrected chi connectivity index (χ0v) is 15.5. The third-order valence-electron chi connectivity index (χ3n) is 6.72. The molecule has 1 aromatic carbocycles. The van der Waals surface area contributed by atoms with Gasteiger partial charge in [0.05, 0.1) is 6.04 Å². The zero-order chi connectivity index (χ0) is 18.5. The van der Waals surface area contributed by atoms with Crippen LogP contribution < -0.4 is 0 Å². The average Bonchev–Trinajstić information content (AvgIpc) is 3.34. The molecule has 0 unspecified atom stereocenters. The molecule has 2 bridgehead atoms. The van der Waals surface area contributed by atoms with Gasteiger partial charge in [0.2, 0.25) is 0 Å². The number of aryl methyl sites for hydroxylation is 1. The predicted octanol–water partition coefficient (Wildman–Crippen LogP) is 2.65. The lowest BCUT2D eigenvalue weighted by atomic mass is 9.75. The number of phenols is 1. The van der Waals surface area contributed by atoms with Crippen molar-refractivity contribution in [3.63, 3.8) is 0 Å². The Morgan fingerprint density at radius 1 is 1.30 bits per heavy atom. The molecule has 3 atom stereocenters. The molecule has 5 heterocycles. The van der Waals surface area contributed by atoms with Gasteiger partial charge in [-0.25, -0.2) is 4.98 Å². The summed E-state index contributed by atoms with van der Waals surface area (Å²) in [5.41, 5.74) is 1.58. The Hall–Kier alpha value is -2.34. The molecule has 6 heteroatoms. The van der Waals surface area contributed by atoms with Crippen molar-refractivity contribution in [3.05, 3.63) is 47.7 Å². The van der Waals surface area contributed by atoms with Crippen LogP contribution in [0.15, 0.2) is 35.1 Å². The Labute approximate surface area is 158 Å². The normalized spacial score (nSPS) is 31.9. The van der Waals surface area contributed by atoms with Gasteiger partial charge in [0.15, 0.2) is 12.1 Å². The Morgan fingerprint density at radius 3 is 2.85 bits per heavy atom. The van der Waals surface area contributed by atoms with Crippen LogP contribution in [-0.4, -0.2) is 57.5 Å². The second-order valence-electron chi connectivity index (χ2n) is 7.99. The monoisotopic (exact) mass is 367 g/mol. The number of phenolic OH excluding ortho intramolecular Hbond substituents is 1. The van der Waals surface area contributed by atoms with Gasteiger partial charge in [-0.2, -0.15) is 0 Å². The number of piperidine rings is 3. The Kier molecular flexibility index (Phi) is 3.97. The Bertz CT molecular complexity index is 856. The highest BCUT2D eigenvalue weighted by molar-refractivity contribution is 5.94. The number of likely N-dealkylation sites (tertiary alicyclic amines) is 1. The molecule has 1 N–H and O–H groups in total. The number of aromatic hydroxyl groups is 1. The molecular weight excluding hydrogens is 342 g/mol. The average molecular weight is 367 g/mol. The number of hydrogen-bond donors (Lipinski definition) is 1. The van der Waals surface area contributed by atoms with Gasteiger partial charge < -0.3 is 14.4 Å². The van der Waals surface area contributed by atoms with Crippen molar-refractivity contribution in [1.82, 2.24) is 14.8 Å². The summed E-state index contributed by atoms with van der Waals surface area (Å²) in [6, 6.07) is 8.07. The first-order chi connectivity index (χ1) is 13.2. The summed E-state index contributed by atoms with van der Waals surface area (Å²) < 4.78 is 5.42. The summed E-state index contributed by atoms with van der Waals surface area (Å²) in [6.45, 7) is 4.86. The highest BCUT2D eigenvalue weighted by atomic mass is 16.3. The first-order valence-electron chi connectivity index (χ1n) is 9.93. The van der Waals surface area contributed by atoms with Crippen LogP contribution in [0.2, 0.25) is 0 Å². The number of hydrogen-bond acceptors (Lipinski definition) is 5. The lowest BCUT2D eigenvalue weighted by molar-refractivity contribution is -0.00363. The second-order valence-corrected chi connectivity index (χ2v) is 7.99. The van der Waals surface area contributed by atoms with Gasteiger partial charge in [-0.3, -0.25) is 9.69 Å². The fraction of sp³-hybridized carbons (Fsp3) is 0.524. The second kappa shape index (κ2) is 6.37. The van der Waals surface area contributed by atoms with Crippen molar-refractivity contribution in [2.45, 2.75) is 44.2 Å². The minimum atomic E-state index is -0.00740. The number of amides is 1. The molecule has 6 nitrogen and oxygen atoms in total. The highest BCUT2D eigenvalue weighted by Gasteiger charge is 2.55. The van der Waals surface area contributed by atoms with E-state index in [4.69, 9.17) is 4.42 Å². The van der Waals surface area contributed by atoms with Crippen molar-refractivity contribution >= 4 is 5.91 Å². The summed E-state index contributed by atoms with van der Waals surface area (Å²) in [7, 11) is 0. The van der Waals surface area contributed by atoms with Crippen molar-refractivity contribution in [2.75, 3.05) is 19.6 Å². The molecular formula is C21H25N3O3. The van der Waals surface area contributed by atoms with Gasteiger partial charge in [-0.1, -0.05) is 19.1 Å². The molecule has 142 valence electrons. The van der Waals surface area contributed by atoms with Crippen LogP contribution in [0.3, 0.4) is 0 Å². The van der Waals surface area contributed by atoms with Crippen LogP contribution in [0.4, 0.5) is 0 Å². The molecule has 0 aliphatic carbocycles. The molecule has 0 radical (unpaired) electrons. The standard InChI is InChI=1S/C21H25N3O3/c1-2-17-18(22-12-27-17)21(26)24-11-16(14-4-3-5-15(25)10-14)20-19(24)13-6-8-23(20)9-7-13/h3-5,10,12-13,16,19-20,25H,2,6-9,11H2,1H3/t16-,19+,20+/m0/s1. The first kappa shape index (κ1) is 16.8. The topological polar surface area (TPSA) is 69.8 Å². The van der Waals surface area contributed by atoms with Gasteiger partial charge in [-0.15, -0.1) is 0 Å². The van der Waals surface area contributed by atoms with Crippen molar-refractivity contribution < 1.29 is 14.3 Å². The van der Waals surface area contributed by atoms with Gasteiger partial charge in [-0.05, 0) is 49.5 Å². The smallest absolute Gasteiger partial charge is 0.276 e. The molecule has 1 aromatic heterocycles. The van der Waals surface area contributed by atoms with E-state index >= 15 is 0 Å². The lowest BCUT2D eigenvalue weighted by Crippen LogP contribution is -2.60. The minimum Gasteiger partial charge on any atom is -0.508 e. The lowest BCUT2D eigenvalue weighted by Gasteiger charge is -2.51. The van der Waals surface area contributed by atoms with Crippen molar-refractivity contribution in [2.24, 2.45) is 5.92 Å². The minimum absolute atomic E-state index is 0.00740. The van der Waals surface area contributed by atoms with E-state index in [0.717, 1.165) is 31.5 Å². The molecule has 1 amide bonds. The van der Waals surface area contributed by atoms with Crippen LogP contribution in [0.25, 0.3) is 0 Å². The van der Waals surface area contributed by atoms with Crippen LogP contribution in [0, 0.1) is 5.92 Å². The number of rotatable bonds is 3. The van der Waals surface area contributed by atoms with Crippen LogP contribution in [0.5, 0.6) is 5.75 Å². The molecule has 6 rings (SSSR count). The van der Waals surface area contributed by atoms with Gasteiger partial charge in [0, 0.05) is 24.9 Å². The quantitative estimate of drug-likeness (QED) is 0.903. The number of carbonyl (C=O) groups excluding carboxylic acids is 1. The van der Waals surface area contributed by atoms with E-state index in [2.05, 4.69) is 16.0 Å². The van der Waals surface area contributed by atoms with Gasteiger partial charge in [0.25, 0.3) is 5.91 Å². The fourth-order valence-corrected chi connectivity index (χ4v) is 5.54. The maximum absolute atomic E-state index is 13.4. The van der Waals surface area contributed by atoms with E-state index in [9.17, 15) is 9.90 Å². The summed E-state index contributed by atoms with van der Waals surface area (Å²) in [4.78, 5) is 22.2. The molecule has 2 aromatic rings. The molecule has 27 heavy (non-hydrogen) atoms. The Morgan fingerprint density at radius 2 is 2.11 bits per heavy atom. The molecule has 0 saturated carbocycles. The number of nitrogens with zero attached hydrogens (tertiary/aromatic N) is 3. The molecule has 0 spiro atoms. The third kappa shape index (κ3) is 2.57. The number of aromatic nitrogens is 1. The summed E-state index contributed by atoms with van der Waals surface area (Å²) in [6.07, 6.45) is 4.34. The number of carbonyl (C=O) groups is 1. The molecule has 4 saturated heterocycles. The van der Waals surface area contributed by atoms with E-state index in [1.165, 1.54) is 6.39 Å². The number of fused-ring (bicyclic) bond motifs is 2. The maximum atomic E-state index is 13.4. The van der Waals surface area contributed by atoms with Crippen LogP contribution in [-0.2, 0) is 6.42 Å². The summed E-state index contributed by atoms with van der Waals surface area (Å²) >= 11 is 0. The van der Waals surface area contributed by atoms with Crippen LogP contribution in [0.1, 0.15) is 47.5 Å². The summed E-state index contributed by atoms with van der Waals surface area (Å²) in [5, 5.41) is 9.98. The van der Waals surface area contributed by atoms with E-state index in [-0.39, 0.29) is 23.6 Å². The molecule has 4 aliphatic heterocycles. The third-order valence-corrected chi connectivity index (χ3v) is 6.72. The SMILES string of the molecule is CCc1ocnc1C(=O)N1C[C@@H](c2cccc(O)c2)[C@@H]2[C@H]1C1CCN2CC1. The van der Waals surface area contributed by atoms with Crippen LogP contribution >= 0.6 is 0 Å². The van der Waals surface area contributed by atoms with E-state index in [0.29, 0.717) is 36.4 Å². The van der Waals surface area contributed by atoms with Crippen molar-refractivity contribution in [3.8, 4) is 5.75 Å². The highest BCUT2D eigenvalue weighted by Crippen LogP contribution is 2.47. The maximum Gasteiger partial charge on any atom is 0.276 e. The zero-order valence-electron chi connectivity index (χ0n) is 15.5. The number of oxazole rings is 1. The van der Waals surface area contributed by atoms with E-state index < -0.39 is 0 Å². The van der Waals surface area contributed by atoms with E-state index in [1.54, 1.807) is 6.07 Å². The molecule has 4 aliphatic rings. The molecule has 4 fully saturated rings. The first-order valence-corrected chi connectivity index (χ1v) is 9.93. The number of benzene rings is 1. The summed E-state index contributed by atoms with van der Waals surface area (Å²) in [5.74, 6) is 1.70.